The lowest BCUT2D eigenvalue weighted by Crippen LogP contribution is -2.63. The first-order valence-corrected chi connectivity index (χ1v) is 18.2. The number of ether oxygens (including phenoxy) is 1. The minimum atomic E-state index is -0.688. The molecule has 3 saturated carbocycles. The van der Waals surface area contributed by atoms with E-state index in [0.717, 1.165) is 51.7 Å². The summed E-state index contributed by atoms with van der Waals surface area (Å²) in [6, 6.07) is 0.0717. The van der Waals surface area contributed by atoms with Gasteiger partial charge in [0, 0.05) is 67.7 Å². The Labute approximate surface area is 271 Å². The summed E-state index contributed by atoms with van der Waals surface area (Å²) in [4.78, 5) is 56.7. The van der Waals surface area contributed by atoms with Crippen LogP contribution in [0.1, 0.15) is 72.6 Å². The third kappa shape index (κ3) is 5.12. The van der Waals surface area contributed by atoms with Crippen molar-refractivity contribution in [3.05, 3.63) is 33.1 Å². The van der Waals surface area contributed by atoms with Gasteiger partial charge in [-0.25, -0.2) is 0 Å². The fraction of sp³-hybridized carbons (Fsp3) is 0.771. The molecule has 1 aromatic rings. The lowest BCUT2D eigenvalue weighted by molar-refractivity contribution is -0.205. The van der Waals surface area contributed by atoms with Gasteiger partial charge in [0.1, 0.15) is 23.3 Å². The number of aliphatic hydroxyl groups is 1. The largest absolute Gasteiger partial charge is 0.461 e. The van der Waals surface area contributed by atoms with E-state index in [1.807, 2.05) is 17.9 Å². The average molecular weight is 642 g/mol. The second-order valence-electron chi connectivity index (χ2n) is 15.2. The van der Waals surface area contributed by atoms with E-state index in [-0.39, 0.29) is 52.1 Å². The normalized spacial score (nSPS) is 40.2. The predicted molar refractivity (Wildman–Crippen MR) is 179 cm³/mol. The number of rotatable bonds is 8. The molecule has 0 aromatic heterocycles. The van der Waals surface area contributed by atoms with Gasteiger partial charge in [-0.1, -0.05) is 33.8 Å². The SMILES string of the molecule is C=C[C@]1(C)C[C@@H](OC(=O)CSCC2CCCN2c2c(N3CCNCC3)c(=O)c2=O)[C@]2(C)[C@H](C)CC[C@]3(CCC(=O)[C@H]32)[C@@H](C)[C@@H]1O. The Morgan fingerprint density at radius 1 is 1.09 bits per heavy atom. The minimum Gasteiger partial charge on any atom is -0.461 e. The summed E-state index contributed by atoms with van der Waals surface area (Å²) < 4.78 is 6.41. The molecule has 1 aromatic carbocycles. The van der Waals surface area contributed by atoms with Gasteiger partial charge in [-0.3, -0.25) is 19.2 Å². The number of esters is 1. The van der Waals surface area contributed by atoms with Crippen LogP contribution in [-0.4, -0.2) is 79.3 Å². The van der Waals surface area contributed by atoms with E-state index in [4.69, 9.17) is 4.74 Å². The first kappa shape index (κ1) is 32.8. The number of piperazine rings is 1. The predicted octanol–water partition coefficient (Wildman–Crippen LogP) is 3.30. The second-order valence-corrected chi connectivity index (χ2v) is 16.2. The first-order valence-electron chi connectivity index (χ1n) is 17.1. The highest BCUT2D eigenvalue weighted by atomic mass is 32.2. The van der Waals surface area contributed by atoms with Gasteiger partial charge in [-0.05, 0) is 55.8 Å². The molecule has 248 valence electrons. The molecule has 45 heavy (non-hydrogen) atoms. The standard InChI is InChI=1S/C35H51N3O6S/c1-6-33(4)18-25(34(5)21(2)9-11-35(22(3)32(33)43)12-10-24(39)31(34)35)44-26(40)20-45-19-23-8-7-15-38(23)28-27(29(41)30(28)42)37-16-13-36-14-17-37/h6,21-23,25,31-32,36,43H,1,7-20H2,2-5H3/t21-,22+,23?,25-,31+,32+,33-,34+,35+/m1/s1. The molecule has 0 radical (unpaired) electrons. The van der Waals surface area contributed by atoms with E-state index in [1.165, 1.54) is 11.8 Å². The van der Waals surface area contributed by atoms with Gasteiger partial charge in [-0.2, -0.15) is 0 Å². The van der Waals surface area contributed by atoms with E-state index >= 15 is 0 Å². The molecule has 9 atom stereocenters. The smallest absolute Gasteiger partial charge is 0.316 e. The molecule has 5 fully saturated rings. The third-order valence-corrected chi connectivity index (χ3v) is 14.1. The molecular formula is C35H51N3O6S. The van der Waals surface area contributed by atoms with Crippen LogP contribution in [0.25, 0.3) is 0 Å². The highest BCUT2D eigenvalue weighted by Crippen LogP contribution is 2.68. The summed E-state index contributed by atoms with van der Waals surface area (Å²) in [5.41, 5.74) is -1.14. The van der Waals surface area contributed by atoms with Crippen molar-refractivity contribution in [3.8, 4) is 0 Å². The zero-order valence-corrected chi connectivity index (χ0v) is 28.3. The molecule has 0 amide bonds. The van der Waals surface area contributed by atoms with E-state index in [0.29, 0.717) is 43.1 Å². The van der Waals surface area contributed by atoms with Crippen molar-refractivity contribution in [2.45, 2.75) is 90.9 Å². The highest BCUT2D eigenvalue weighted by Gasteiger charge is 2.68. The number of hydrogen-bond donors (Lipinski definition) is 2. The van der Waals surface area contributed by atoms with Gasteiger partial charge in [-0.15, -0.1) is 18.3 Å². The van der Waals surface area contributed by atoms with E-state index < -0.39 is 28.5 Å². The Hall–Kier alpha value is -2.17. The summed E-state index contributed by atoms with van der Waals surface area (Å²) in [6.45, 7) is 16.3. The van der Waals surface area contributed by atoms with Gasteiger partial charge >= 0.3 is 5.97 Å². The summed E-state index contributed by atoms with van der Waals surface area (Å²) in [6.07, 6.45) is 6.02. The maximum atomic E-state index is 13.6. The second kappa shape index (κ2) is 12.1. The molecule has 3 aliphatic carbocycles. The number of nitrogens with zero attached hydrogens (tertiary/aromatic N) is 2. The summed E-state index contributed by atoms with van der Waals surface area (Å²) in [7, 11) is 0. The van der Waals surface area contributed by atoms with Crippen molar-refractivity contribution in [1.29, 1.82) is 0 Å². The summed E-state index contributed by atoms with van der Waals surface area (Å²) in [5, 5.41) is 15.0. The highest BCUT2D eigenvalue weighted by molar-refractivity contribution is 7.99. The van der Waals surface area contributed by atoms with Crippen molar-refractivity contribution in [1.82, 2.24) is 5.32 Å². The number of nitrogens with one attached hydrogen (secondary N) is 1. The van der Waals surface area contributed by atoms with Gasteiger partial charge in [0.05, 0.1) is 11.9 Å². The quantitative estimate of drug-likeness (QED) is 0.249. The molecule has 2 N–H and O–H groups in total. The summed E-state index contributed by atoms with van der Waals surface area (Å²) >= 11 is 1.50. The Morgan fingerprint density at radius 2 is 1.80 bits per heavy atom. The number of ketones is 1. The fourth-order valence-electron chi connectivity index (χ4n) is 10.1. The van der Waals surface area contributed by atoms with Crippen molar-refractivity contribution >= 4 is 34.9 Å². The number of anilines is 2. The Morgan fingerprint density at radius 3 is 2.51 bits per heavy atom. The Kier molecular flexibility index (Phi) is 8.83. The van der Waals surface area contributed by atoms with E-state index in [1.54, 1.807) is 0 Å². The van der Waals surface area contributed by atoms with Crippen LogP contribution >= 0.6 is 11.8 Å². The fourth-order valence-corrected chi connectivity index (χ4v) is 11.1. The molecule has 0 spiro atoms. The van der Waals surface area contributed by atoms with Crippen LogP contribution < -0.4 is 26.0 Å². The first-order chi connectivity index (χ1) is 21.4. The Balaban J connectivity index is 1.17. The number of Topliss-reactive ketones (excluding diaryl/α,β-unsaturated/α-hetero) is 1. The van der Waals surface area contributed by atoms with Gasteiger partial charge < -0.3 is 25.0 Å². The molecule has 2 heterocycles. The van der Waals surface area contributed by atoms with Crippen LogP contribution in [0, 0.1) is 34.0 Å². The van der Waals surface area contributed by atoms with Crippen molar-refractivity contribution in [3.63, 3.8) is 0 Å². The molecule has 2 aliphatic heterocycles. The van der Waals surface area contributed by atoms with Crippen LogP contribution in [0.2, 0.25) is 0 Å². The molecule has 2 bridgehead atoms. The van der Waals surface area contributed by atoms with Crippen molar-refractivity contribution < 1.29 is 19.4 Å². The maximum absolute atomic E-state index is 13.6. The van der Waals surface area contributed by atoms with Crippen LogP contribution in [0.4, 0.5) is 11.4 Å². The van der Waals surface area contributed by atoms with Gasteiger partial charge in [0.25, 0.3) is 10.9 Å². The monoisotopic (exact) mass is 641 g/mol. The van der Waals surface area contributed by atoms with Crippen molar-refractivity contribution in [2.24, 2.45) is 34.0 Å². The van der Waals surface area contributed by atoms with Crippen LogP contribution in [0.5, 0.6) is 0 Å². The topological polar surface area (TPSA) is 116 Å². The van der Waals surface area contributed by atoms with Crippen LogP contribution in [0.15, 0.2) is 22.2 Å². The van der Waals surface area contributed by atoms with Crippen molar-refractivity contribution in [2.75, 3.05) is 54.0 Å². The summed E-state index contributed by atoms with van der Waals surface area (Å²) in [5.74, 6) is 0.632. The minimum absolute atomic E-state index is 0.0645. The molecule has 6 rings (SSSR count). The maximum Gasteiger partial charge on any atom is 0.316 e. The number of hydrogen-bond acceptors (Lipinski definition) is 10. The third-order valence-electron chi connectivity index (χ3n) is 13.1. The van der Waals surface area contributed by atoms with E-state index in [9.17, 15) is 24.3 Å². The van der Waals surface area contributed by atoms with Gasteiger partial charge in [0.15, 0.2) is 0 Å². The molecule has 5 aliphatic rings. The molecule has 2 saturated heterocycles. The average Bonchev–Trinajstić information content (AvgIpc) is 3.64. The lowest BCUT2D eigenvalue weighted by Gasteiger charge is -2.61. The molecule has 10 heteroatoms. The zero-order valence-electron chi connectivity index (χ0n) is 27.4. The number of carbonyl (C=O) groups excluding carboxylic acids is 2. The van der Waals surface area contributed by atoms with Crippen LogP contribution in [-0.2, 0) is 14.3 Å². The molecular weight excluding hydrogens is 590 g/mol. The lowest BCUT2D eigenvalue weighted by atomic mass is 9.44. The number of aliphatic hydroxyl groups excluding tert-OH is 1. The Bertz CT molecular complexity index is 1400. The van der Waals surface area contributed by atoms with Gasteiger partial charge in [0.2, 0.25) is 0 Å². The zero-order chi connectivity index (χ0) is 32.3. The number of thioether (sulfide) groups is 1. The number of carbonyl (C=O) groups is 2. The van der Waals surface area contributed by atoms with E-state index in [2.05, 4.69) is 37.6 Å². The molecule has 9 nitrogen and oxygen atoms in total. The van der Waals surface area contributed by atoms with Crippen LogP contribution in [0.3, 0.4) is 0 Å². The molecule has 1 unspecified atom stereocenters.